The van der Waals surface area contributed by atoms with Crippen LogP contribution in [0.5, 0.6) is 11.5 Å². The van der Waals surface area contributed by atoms with Gasteiger partial charge in [-0.25, -0.2) is 14.4 Å². The van der Waals surface area contributed by atoms with E-state index in [-0.39, 0.29) is 5.02 Å². The molecule has 30 heavy (non-hydrogen) atoms. The first-order valence-corrected chi connectivity index (χ1v) is 9.79. The van der Waals surface area contributed by atoms with Crippen molar-refractivity contribution in [2.75, 3.05) is 39.2 Å². The fourth-order valence-electron chi connectivity index (χ4n) is 3.00. The van der Waals surface area contributed by atoms with Crippen LogP contribution in [0.2, 0.25) is 5.02 Å². The van der Waals surface area contributed by atoms with Gasteiger partial charge < -0.3 is 24.8 Å². The van der Waals surface area contributed by atoms with Crippen LogP contribution >= 0.6 is 11.6 Å². The first kappa shape index (κ1) is 22.0. The van der Waals surface area contributed by atoms with Crippen molar-refractivity contribution in [3.8, 4) is 11.5 Å². The van der Waals surface area contributed by atoms with Gasteiger partial charge in [0.15, 0.2) is 11.5 Å². The number of anilines is 2. The summed E-state index contributed by atoms with van der Waals surface area (Å²) in [5, 5.41) is 13.3. The molecule has 2 N–H and O–H groups in total. The molecule has 0 aliphatic carbocycles. The van der Waals surface area contributed by atoms with Crippen LogP contribution in [-0.2, 0) is 0 Å². The van der Waals surface area contributed by atoms with Gasteiger partial charge in [-0.1, -0.05) is 11.6 Å². The van der Waals surface area contributed by atoms with Crippen molar-refractivity contribution in [1.29, 1.82) is 0 Å². The fourth-order valence-corrected chi connectivity index (χ4v) is 3.18. The number of likely N-dealkylation sites (N-methyl/N-ethyl adjacent to an activating group) is 1. The van der Waals surface area contributed by atoms with E-state index in [1.54, 1.807) is 32.2 Å². The molecule has 1 heterocycles. The van der Waals surface area contributed by atoms with E-state index in [0.29, 0.717) is 53.6 Å². The number of aliphatic hydroxyl groups is 1. The molecule has 0 bridgehead atoms. The number of fused-ring (bicyclic) bond motifs is 1. The third-order valence-corrected chi connectivity index (χ3v) is 4.70. The Morgan fingerprint density at radius 2 is 2.03 bits per heavy atom. The van der Waals surface area contributed by atoms with E-state index >= 15 is 0 Å². The number of benzene rings is 2. The molecule has 160 valence electrons. The zero-order chi connectivity index (χ0) is 21.7. The number of hydrogen-bond donors (Lipinski definition) is 2. The maximum absolute atomic E-state index is 13.4. The molecule has 0 saturated heterocycles. The molecular formula is C21H24ClFN4O3. The van der Waals surface area contributed by atoms with E-state index < -0.39 is 11.9 Å². The molecule has 1 unspecified atom stereocenters. The smallest absolute Gasteiger partial charge is 0.162 e. The summed E-state index contributed by atoms with van der Waals surface area (Å²) in [6.45, 7) is 3.35. The van der Waals surface area contributed by atoms with Crippen molar-refractivity contribution in [3.63, 3.8) is 0 Å². The number of methoxy groups -OCH3 is 1. The third kappa shape index (κ3) is 5.47. The molecule has 0 amide bonds. The Hall–Kier alpha value is -2.68. The quantitative estimate of drug-likeness (QED) is 0.529. The van der Waals surface area contributed by atoms with Crippen LogP contribution in [0.25, 0.3) is 10.9 Å². The lowest BCUT2D eigenvalue weighted by molar-refractivity contribution is 0.130. The number of rotatable bonds is 9. The summed E-state index contributed by atoms with van der Waals surface area (Å²) in [6.07, 6.45) is 1.02. The van der Waals surface area contributed by atoms with E-state index in [0.717, 1.165) is 0 Å². The van der Waals surface area contributed by atoms with Crippen molar-refractivity contribution >= 4 is 34.0 Å². The van der Waals surface area contributed by atoms with Crippen LogP contribution in [0.4, 0.5) is 15.9 Å². The van der Waals surface area contributed by atoms with Crippen LogP contribution in [0, 0.1) is 5.82 Å². The largest absolute Gasteiger partial charge is 0.493 e. The second kappa shape index (κ2) is 9.88. The normalized spacial score (nSPS) is 12.2. The van der Waals surface area contributed by atoms with Gasteiger partial charge in [-0.15, -0.1) is 0 Å². The maximum atomic E-state index is 13.4. The van der Waals surface area contributed by atoms with E-state index in [1.165, 1.54) is 18.5 Å². The van der Waals surface area contributed by atoms with Crippen molar-refractivity contribution in [3.05, 3.63) is 47.5 Å². The van der Waals surface area contributed by atoms with Crippen molar-refractivity contribution < 1.29 is 19.0 Å². The number of hydrogen-bond acceptors (Lipinski definition) is 7. The van der Waals surface area contributed by atoms with Crippen LogP contribution < -0.4 is 14.8 Å². The Balaban J connectivity index is 1.85. The van der Waals surface area contributed by atoms with Gasteiger partial charge in [-0.2, -0.15) is 0 Å². The molecule has 0 spiro atoms. The Labute approximate surface area is 179 Å². The Morgan fingerprint density at radius 1 is 1.23 bits per heavy atom. The summed E-state index contributed by atoms with van der Waals surface area (Å²) in [4.78, 5) is 10.6. The second-order valence-electron chi connectivity index (χ2n) is 6.96. The predicted octanol–water partition coefficient (Wildman–Crippen LogP) is 3.87. The molecule has 2 aromatic carbocycles. The number of aromatic nitrogens is 2. The molecule has 0 fully saturated rings. The average molecular weight is 435 g/mol. The highest BCUT2D eigenvalue weighted by molar-refractivity contribution is 6.31. The number of ether oxygens (including phenoxy) is 2. The average Bonchev–Trinajstić information content (AvgIpc) is 2.70. The van der Waals surface area contributed by atoms with Gasteiger partial charge in [-0.05, 0) is 38.2 Å². The zero-order valence-electron chi connectivity index (χ0n) is 17.0. The summed E-state index contributed by atoms with van der Waals surface area (Å²) in [6, 6.07) is 7.93. The highest BCUT2D eigenvalue weighted by atomic mass is 35.5. The summed E-state index contributed by atoms with van der Waals surface area (Å²) >= 11 is 5.87. The Bertz CT molecular complexity index is 1020. The highest BCUT2D eigenvalue weighted by Crippen LogP contribution is 2.35. The zero-order valence-corrected chi connectivity index (χ0v) is 17.8. The maximum Gasteiger partial charge on any atom is 0.162 e. The third-order valence-electron chi connectivity index (χ3n) is 4.41. The predicted molar refractivity (Wildman–Crippen MR) is 115 cm³/mol. The molecule has 7 nitrogen and oxygen atoms in total. The standard InChI is InChI=1S/C21H24ClFN4O3/c1-13(28)11-27(2)6-7-30-20-9-15-18(10-19(20)29-3)24-12-25-21(15)26-14-4-5-17(23)16(22)8-14/h4-5,8-10,12-13,28H,6-7,11H2,1-3H3,(H,24,25,26). The van der Waals surface area contributed by atoms with Crippen molar-refractivity contribution in [2.45, 2.75) is 13.0 Å². The lowest BCUT2D eigenvalue weighted by atomic mass is 10.2. The first-order chi connectivity index (χ1) is 14.4. The topological polar surface area (TPSA) is 79.7 Å². The van der Waals surface area contributed by atoms with E-state index in [1.807, 2.05) is 11.9 Å². The molecule has 0 aliphatic heterocycles. The number of aliphatic hydroxyl groups excluding tert-OH is 1. The molecule has 9 heteroatoms. The molecule has 0 radical (unpaired) electrons. The summed E-state index contributed by atoms with van der Waals surface area (Å²) in [7, 11) is 3.48. The van der Waals surface area contributed by atoms with Gasteiger partial charge in [-0.3, -0.25) is 0 Å². The molecular weight excluding hydrogens is 411 g/mol. The minimum Gasteiger partial charge on any atom is -0.493 e. The molecule has 0 aliphatic rings. The lowest BCUT2D eigenvalue weighted by Crippen LogP contribution is -2.30. The molecule has 1 atom stereocenters. The van der Waals surface area contributed by atoms with E-state index in [2.05, 4.69) is 15.3 Å². The van der Waals surface area contributed by atoms with Crippen LogP contribution in [0.15, 0.2) is 36.7 Å². The van der Waals surface area contributed by atoms with Crippen molar-refractivity contribution in [1.82, 2.24) is 14.9 Å². The molecule has 3 aromatic rings. The Morgan fingerprint density at radius 3 is 2.73 bits per heavy atom. The van der Waals surface area contributed by atoms with Crippen LogP contribution in [0.3, 0.4) is 0 Å². The Kier molecular flexibility index (Phi) is 7.25. The van der Waals surface area contributed by atoms with E-state index in [9.17, 15) is 9.50 Å². The minimum absolute atomic E-state index is 0.0189. The summed E-state index contributed by atoms with van der Waals surface area (Å²) < 4.78 is 24.8. The van der Waals surface area contributed by atoms with Gasteiger partial charge in [0.1, 0.15) is 24.6 Å². The summed E-state index contributed by atoms with van der Waals surface area (Å²) in [5.74, 6) is 1.14. The molecule has 0 saturated carbocycles. The van der Waals surface area contributed by atoms with Gasteiger partial charge in [0.2, 0.25) is 0 Å². The number of nitrogens with one attached hydrogen (secondary N) is 1. The van der Waals surface area contributed by atoms with Gasteiger partial charge in [0, 0.05) is 30.2 Å². The highest BCUT2D eigenvalue weighted by Gasteiger charge is 2.13. The van der Waals surface area contributed by atoms with Gasteiger partial charge in [0.25, 0.3) is 0 Å². The fraction of sp³-hybridized carbons (Fsp3) is 0.333. The summed E-state index contributed by atoms with van der Waals surface area (Å²) in [5.41, 5.74) is 1.26. The monoisotopic (exact) mass is 434 g/mol. The molecule has 1 aromatic heterocycles. The minimum atomic E-state index is -0.490. The van der Waals surface area contributed by atoms with Crippen molar-refractivity contribution in [2.24, 2.45) is 0 Å². The van der Waals surface area contributed by atoms with Crippen LogP contribution in [-0.4, -0.2) is 59.9 Å². The van der Waals surface area contributed by atoms with Gasteiger partial charge in [0.05, 0.1) is 23.8 Å². The molecule has 3 rings (SSSR count). The second-order valence-corrected chi connectivity index (χ2v) is 7.36. The van der Waals surface area contributed by atoms with Gasteiger partial charge >= 0.3 is 0 Å². The van der Waals surface area contributed by atoms with E-state index in [4.69, 9.17) is 21.1 Å². The first-order valence-electron chi connectivity index (χ1n) is 9.41. The number of nitrogens with zero attached hydrogens (tertiary/aromatic N) is 3. The SMILES string of the molecule is COc1cc2ncnc(Nc3ccc(F)c(Cl)c3)c2cc1OCCN(C)CC(C)O. The van der Waals surface area contributed by atoms with Crippen LogP contribution in [0.1, 0.15) is 6.92 Å². The number of halogens is 2. The lowest BCUT2D eigenvalue weighted by Gasteiger charge is -2.19.